The van der Waals surface area contributed by atoms with E-state index in [2.05, 4.69) is 21.3 Å². The number of hydrogen-bond donors (Lipinski definition) is 0. The Morgan fingerprint density at radius 1 is 1.03 bits per heavy atom. The van der Waals surface area contributed by atoms with E-state index in [-0.39, 0.29) is 0 Å². The van der Waals surface area contributed by atoms with Crippen molar-refractivity contribution in [2.45, 2.75) is 19.8 Å². The highest BCUT2D eigenvalue weighted by Gasteiger charge is 2.23. The fourth-order valence-electron chi connectivity index (χ4n) is 3.52. The zero-order valence-corrected chi connectivity index (χ0v) is 16.4. The quantitative estimate of drug-likeness (QED) is 0.610. The molecule has 0 saturated heterocycles. The van der Waals surface area contributed by atoms with Crippen LogP contribution in [0, 0.1) is 6.92 Å². The molecule has 4 rings (SSSR count). The minimum atomic E-state index is -0.428. The lowest BCUT2D eigenvalue weighted by molar-refractivity contribution is -0.136. The Balaban J connectivity index is 1.96. The third-order valence-corrected chi connectivity index (χ3v) is 4.88. The molecule has 0 unspecified atom stereocenters. The molecule has 1 aliphatic heterocycles. The van der Waals surface area contributed by atoms with Crippen molar-refractivity contribution in [3.05, 3.63) is 83.7 Å². The van der Waals surface area contributed by atoms with Gasteiger partial charge in [0.2, 0.25) is 0 Å². The number of aliphatic imine (C=N–C) groups is 1. The average Bonchev–Trinajstić information content (AvgIpc) is 2.78. The first-order chi connectivity index (χ1) is 14.2. The molecule has 0 atom stereocenters. The molecule has 5 heteroatoms. The summed E-state index contributed by atoms with van der Waals surface area (Å²) in [5.74, 6) is -0.428. The number of rotatable bonds is 4. The summed E-state index contributed by atoms with van der Waals surface area (Å²) in [7, 11) is 1.37. The molecule has 5 nitrogen and oxygen atoms in total. The van der Waals surface area contributed by atoms with E-state index >= 15 is 0 Å². The lowest BCUT2D eigenvalue weighted by atomic mass is 9.91. The molecule has 29 heavy (non-hydrogen) atoms. The molecule has 0 bridgehead atoms. The number of esters is 1. The minimum absolute atomic E-state index is 0.333. The molecule has 1 aliphatic rings. The van der Waals surface area contributed by atoms with Crippen molar-refractivity contribution in [2.75, 3.05) is 7.11 Å². The molecule has 2 aromatic carbocycles. The van der Waals surface area contributed by atoms with Crippen LogP contribution in [0.25, 0.3) is 22.4 Å². The Morgan fingerprint density at radius 3 is 2.59 bits per heavy atom. The van der Waals surface area contributed by atoms with Crippen LogP contribution in [-0.4, -0.2) is 29.0 Å². The van der Waals surface area contributed by atoms with Gasteiger partial charge in [0.05, 0.1) is 19.0 Å². The van der Waals surface area contributed by atoms with E-state index in [9.17, 15) is 4.79 Å². The molecular weight excluding hydrogens is 362 g/mol. The molecule has 0 radical (unpaired) electrons. The number of ether oxygens (including phenoxy) is 1. The van der Waals surface area contributed by atoms with Crippen LogP contribution in [0.1, 0.15) is 24.0 Å². The molecule has 0 amide bonds. The zero-order valence-electron chi connectivity index (χ0n) is 16.4. The van der Waals surface area contributed by atoms with Crippen LogP contribution in [-0.2, 0) is 9.53 Å². The first kappa shape index (κ1) is 18.7. The predicted octanol–water partition coefficient (Wildman–Crippen LogP) is 4.76. The number of methoxy groups -OCH3 is 1. The van der Waals surface area contributed by atoms with E-state index in [1.54, 1.807) is 6.20 Å². The summed E-state index contributed by atoms with van der Waals surface area (Å²) >= 11 is 0. The SMILES string of the molecule is COC(=O)C1=CCCC(c2c(-c3ccccc3)cnnc2-c2cccc(C)c2)=N1. The fourth-order valence-corrected chi connectivity index (χ4v) is 3.52. The normalized spacial score (nSPS) is 13.4. The number of aryl methyl sites for hydroxylation is 1. The van der Waals surface area contributed by atoms with E-state index in [4.69, 9.17) is 4.74 Å². The highest BCUT2D eigenvalue weighted by molar-refractivity contribution is 6.12. The topological polar surface area (TPSA) is 64.4 Å². The molecule has 0 spiro atoms. The van der Waals surface area contributed by atoms with Gasteiger partial charge < -0.3 is 4.74 Å². The first-order valence-corrected chi connectivity index (χ1v) is 9.52. The molecule has 0 saturated carbocycles. The van der Waals surface area contributed by atoms with Crippen molar-refractivity contribution in [1.82, 2.24) is 10.2 Å². The highest BCUT2D eigenvalue weighted by Crippen LogP contribution is 2.33. The van der Waals surface area contributed by atoms with Gasteiger partial charge in [-0.05, 0) is 31.4 Å². The van der Waals surface area contributed by atoms with Gasteiger partial charge in [-0.1, -0.05) is 60.2 Å². The van der Waals surface area contributed by atoms with Gasteiger partial charge in [0.15, 0.2) is 0 Å². The van der Waals surface area contributed by atoms with Crippen LogP contribution in [0.4, 0.5) is 0 Å². The molecule has 0 fully saturated rings. The first-order valence-electron chi connectivity index (χ1n) is 9.52. The number of allylic oxidation sites excluding steroid dienone is 1. The third kappa shape index (κ3) is 3.85. The van der Waals surface area contributed by atoms with Gasteiger partial charge in [0, 0.05) is 16.7 Å². The summed E-state index contributed by atoms with van der Waals surface area (Å²) in [6, 6.07) is 18.2. The van der Waals surface area contributed by atoms with Crippen molar-refractivity contribution in [3.63, 3.8) is 0 Å². The van der Waals surface area contributed by atoms with Crippen molar-refractivity contribution in [2.24, 2.45) is 4.99 Å². The summed E-state index contributed by atoms with van der Waals surface area (Å²) in [6.45, 7) is 2.05. The largest absolute Gasteiger partial charge is 0.464 e. The fraction of sp³-hybridized carbons (Fsp3) is 0.167. The molecular formula is C24H21N3O2. The summed E-state index contributed by atoms with van der Waals surface area (Å²) in [5.41, 5.74) is 6.91. The Kier molecular flexibility index (Phi) is 5.29. The summed E-state index contributed by atoms with van der Waals surface area (Å²) in [5, 5.41) is 8.76. The lowest BCUT2D eigenvalue weighted by Gasteiger charge is -2.18. The molecule has 144 valence electrons. The third-order valence-electron chi connectivity index (χ3n) is 4.88. The lowest BCUT2D eigenvalue weighted by Crippen LogP contribution is -2.14. The smallest absolute Gasteiger partial charge is 0.356 e. The number of aromatic nitrogens is 2. The van der Waals surface area contributed by atoms with Gasteiger partial charge in [-0.15, -0.1) is 5.10 Å². The Hall–Kier alpha value is -3.60. The zero-order chi connectivity index (χ0) is 20.2. The molecule has 0 aliphatic carbocycles. The van der Waals surface area contributed by atoms with Crippen LogP contribution in [0.5, 0.6) is 0 Å². The van der Waals surface area contributed by atoms with Gasteiger partial charge in [-0.25, -0.2) is 9.79 Å². The molecule has 0 N–H and O–H groups in total. The number of benzene rings is 2. The second-order valence-electron chi connectivity index (χ2n) is 6.90. The molecule has 2 heterocycles. The maximum absolute atomic E-state index is 12.1. The monoisotopic (exact) mass is 383 g/mol. The molecule has 1 aromatic heterocycles. The summed E-state index contributed by atoms with van der Waals surface area (Å²) in [4.78, 5) is 16.7. The van der Waals surface area contributed by atoms with Crippen molar-refractivity contribution in [3.8, 4) is 22.4 Å². The van der Waals surface area contributed by atoms with Crippen molar-refractivity contribution in [1.29, 1.82) is 0 Å². The van der Waals surface area contributed by atoms with E-state index < -0.39 is 5.97 Å². The minimum Gasteiger partial charge on any atom is -0.464 e. The second kappa shape index (κ2) is 8.19. The number of carbonyl (C=O) groups is 1. The number of carbonyl (C=O) groups excluding carboxylic acids is 1. The number of hydrogen-bond acceptors (Lipinski definition) is 5. The van der Waals surface area contributed by atoms with E-state index in [1.165, 1.54) is 7.11 Å². The van der Waals surface area contributed by atoms with Gasteiger partial charge >= 0.3 is 5.97 Å². The standard InChI is InChI=1S/C24H21N3O2/c1-16-8-6-11-18(14-16)23-22(20-12-7-13-21(26-20)24(28)29-2)19(15-25-27-23)17-9-4-3-5-10-17/h3-6,8-11,13-15H,7,12H2,1-2H3. The van der Waals surface area contributed by atoms with Crippen LogP contribution in [0.3, 0.4) is 0 Å². The summed E-state index contributed by atoms with van der Waals surface area (Å²) < 4.78 is 4.88. The average molecular weight is 383 g/mol. The Morgan fingerprint density at radius 2 is 1.83 bits per heavy atom. The van der Waals surface area contributed by atoms with Gasteiger partial charge in [-0.3, -0.25) is 0 Å². The number of nitrogens with zero attached hydrogens (tertiary/aromatic N) is 3. The van der Waals surface area contributed by atoms with Crippen LogP contribution < -0.4 is 0 Å². The van der Waals surface area contributed by atoms with Gasteiger partial charge in [0.1, 0.15) is 11.4 Å². The predicted molar refractivity (Wildman–Crippen MR) is 114 cm³/mol. The Bertz CT molecular complexity index is 1120. The second-order valence-corrected chi connectivity index (χ2v) is 6.90. The van der Waals surface area contributed by atoms with Crippen LogP contribution >= 0.6 is 0 Å². The van der Waals surface area contributed by atoms with Crippen LogP contribution in [0.15, 0.2) is 77.6 Å². The maximum atomic E-state index is 12.1. The van der Waals surface area contributed by atoms with Crippen LogP contribution in [0.2, 0.25) is 0 Å². The molecule has 3 aromatic rings. The van der Waals surface area contributed by atoms with E-state index in [1.807, 2.05) is 61.5 Å². The van der Waals surface area contributed by atoms with Crippen molar-refractivity contribution < 1.29 is 9.53 Å². The van der Waals surface area contributed by atoms with Gasteiger partial charge in [0.25, 0.3) is 0 Å². The van der Waals surface area contributed by atoms with E-state index in [0.717, 1.165) is 39.2 Å². The Labute approximate surface area is 169 Å². The highest BCUT2D eigenvalue weighted by atomic mass is 16.5. The van der Waals surface area contributed by atoms with Crippen molar-refractivity contribution >= 4 is 11.7 Å². The van der Waals surface area contributed by atoms with E-state index in [0.29, 0.717) is 18.5 Å². The summed E-state index contributed by atoms with van der Waals surface area (Å²) in [6.07, 6.45) is 5.01. The van der Waals surface area contributed by atoms with Gasteiger partial charge in [-0.2, -0.15) is 5.10 Å². The maximum Gasteiger partial charge on any atom is 0.356 e.